The lowest BCUT2D eigenvalue weighted by Crippen LogP contribution is -2.26. The molecule has 19 heavy (non-hydrogen) atoms. The molecule has 100 valence electrons. The van der Waals surface area contributed by atoms with Crippen molar-refractivity contribution in [2.45, 2.75) is 19.3 Å². The van der Waals surface area contributed by atoms with Gasteiger partial charge in [-0.3, -0.25) is 9.89 Å². The van der Waals surface area contributed by atoms with Crippen LogP contribution in [0.15, 0.2) is 30.6 Å². The van der Waals surface area contributed by atoms with E-state index in [2.05, 4.69) is 20.5 Å². The number of phenolic OH excluding ortho intramolecular Hbond substituents is 1. The Hall–Kier alpha value is -2.37. The quantitative estimate of drug-likeness (QED) is 0.670. The van der Waals surface area contributed by atoms with Crippen LogP contribution in [0.4, 0.5) is 0 Å². The van der Waals surface area contributed by atoms with Gasteiger partial charge in [0.15, 0.2) is 0 Å². The van der Waals surface area contributed by atoms with Gasteiger partial charge in [-0.25, -0.2) is 4.98 Å². The van der Waals surface area contributed by atoms with Crippen LogP contribution in [0.2, 0.25) is 0 Å². The van der Waals surface area contributed by atoms with Gasteiger partial charge in [0.25, 0.3) is 0 Å². The maximum Gasteiger partial charge on any atom is 0.224 e. The summed E-state index contributed by atoms with van der Waals surface area (Å²) in [4.78, 5) is 15.7. The van der Waals surface area contributed by atoms with Gasteiger partial charge in [0.1, 0.15) is 17.9 Å². The Kier molecular flexibility index (Phi) is 4.49. The Labute approximate surface area is 110 Å². The highest BCUT2D eigenvalue weighted by Gasteiger charge is 2.03. The number of aromatic amines is 1. The van der Waals surface area contributed by atoms with Crippen molar-refractivity contribution in [3.05, 3.63) is 42.0 Å². The van der Waals surface area contributed by atoms with Gasteiger partial charge in [-0.1, -0.05) is 12.1 Å². The minimum atomic E-state index is -0.0248. The number of benzene rings is 1. The molecule has 6 nitrogen and oxygen atoms in total. The summed E-state index contributed by atoms with van der Waals surface area (Å²) in [6.07, 6.45) is 3.37. The van der Waals surface area contributed by atoms with Gasteiger partial charge in [-0.05, 0) is 24.1 Å². The van der Waals surface area contributed by atoms with E-state index in [9.17, 15) is 4.79 Å². The molecule has 2 rings (SSSR count). The number of aryl methyl sites for hydroxylation is 1. The molecule has 1 amide bonds. The lowest BCUT2D eigenvalue weighted by atomic mass is 10.1. The van der Waals surface area contributed by atoms with Crippen LogP contribution in [0.1, 0.15) is 17.8 Å². The highest BCUT2D eigenvalue weighted by atomic mass is 16.3. The number of hydrogen-bond donors (Lipinski definition) is 3. The van der Waals surface area contributed by atoms with Crippen molar-refractivity contribution >= 4 is 5.91 Å². The molecule has 1 aromatic carbocycles. The number of rotatable bonds is 6. The van der Waals surface area contributed by atoms with Crippen molar-refractivity contribution in [1.82, 2.24) is 20.5 Å². The van der Waals surface area contributed by atoms with Crippen molar-refractivity contribution in [1.29, 1.82) is 0 Å². The van der Waals surface area contributed by atoms with E-state index in [1.807, 2.05) is 0 Å². The number of hydrogen-bond acceptors (Lipinski definition) is 4. The fourth-order valence-corrected chi connectivity index (χ4v) is 1.70. The first-order valence-electron chi connectivity index (χ1n) is 6.13. The smallest absolute Gasteiger partial charge is 0.224 e. The van der Waals surface area contributed by atoms with E-state index >= 15 is 0 Å². The van der Waals surface area contributed by atoms with Crippen molar-refractivity contribution in [2.75, 3.05) is 6.54 Å². The van der Waals surface area contributed by atoms with Crippen LogP contribution >= 0.6 is 0 Å². The monoisotopic (exact) mass is 260 g/mol. The fraction of sp³-hybridized carbons (Fsp3) is 0.308. The van der Waals surface area contributed by atoms with Crippen molar-refractivity contribution < 1.29 is 9.90 Å². The zero-order chi connectivity index (χ0) is 13.5. The second kappa shape index (κ2) is 6.53. The molecule has 0 aliphatic rings. The number of amides is 1. The second-order valence-corrected chi connectivity index (χ2v) is 4.23. The Morgan fingerprint density at radius 1 is 1.32 bits per heavy atom. The number of carbonyl (C=O) groups is 1. The zero-order valence-corrected chi connectivity index (χ0v) is 10.5. The third-order valence-electron chi connectivity index (χ3n) is 2.68. The van der Waals surface area contributed by atoms with Crippen molar-refractivity contribution in [3.8, 4) is 5.75 Å². The van der Waals surface area contributed by atoms with Crippen molar-refractivity contribution in [2.24, 2.45) is 0 Å². The van der Waals surface area contributed by atoms with E-state index in [1.54, 1.807) is 24.3 Å². The average molecular weight is 260 g/mol. The van der Waals surface area contributed by atoms with Crippen LogP contribution in [-0.4, -0.2) is 32.7 Å². The van der Waals surface area contributed by atoms with Crippen LogP contribution in [0.25, 0.3) is 0 Å². The van der Waals surface area contributed by atoms with E-state index < -0.39 is 0 Å². The normalized spacial score (nSPS) is 10.3. The lowest BCUT2D eigenvalue weighted by Gasteiger charge is -2.04. The molecular weight excluding hydrogens is 244 g/mol. The molecule has 0 aliphatic heterocycles. The molecule has 0 atom stereocenters. The summed E-state index contributed by atoms with van der Waals surface area (Å²) in [6, 6.07) is 6.63. The lowest BCUT2D eigenvalue weighted by molar-refractivity contribution is -0.120. The molecule has 0 saturated heterocycles. The van der Waals surface area contributed by atoms with Gasteiger partial charge in [0.2, 0.25) is 5.91 Å². The molecule has 1 aromatic heterocycles. The number of aromatic hydroxyl groups is 1. The number of nitrogens with one attached hydrogen (secondary N) is 2. The highest BCUT2D eigenvalue weighted by molar-refractivity contribution is 5.78. The minimum absolute atomic E-state index is 0.0248. The third kappa shape index (κ3) is 4.42. The maximum atomic E-state index is 11.6. The number of carbonyl (C=O) groups excluding carboxylic acids is 1. The molecule has 0 saturated carbocycles. The SMILES string of the molecule is O=C(Cc1ccc(O)cc1)NCCCc1ncn[nH]1. The summed E-state index contributed by atoms with van der Waals surface area (Å²) in [5, 5.41) is 18.5. The summed E-state index contributed by atoms with van der Waals surface area (Å²) < 4.78 is 0. The molecule has 0 spiro atoms. The van der Waals surface area contributed by atoms with Crippen LogP contribution < -0.4 is 5.32 Å². The molecule has 0 fully saturated rings. The Balaban J connectivity index is 1.65. The van der Waals surface area contributed by atoms with Gasteiger partial charge < -0.3 is 10.4 Å². The molecule has 2 aromatic rings. The van der Waals surface area contributed by atoms with Crippen molar-refractivity contribution in [3.63, 3.8) is 0 Å². The largest absolute Gasteiger partial charge is 0.508 e. The number of aromatic nitrogens is 3. The Bertz CT molecular complexity index is 508. The number of H-pyrrole nitrogens is 1. The maximum absolute atomic E-state index is 11.6. The van der Waals surface area contributed by atoms with Gasteiger partial charge in [0, 0.05) is 13.0 Å². The van der Waals surface area contributed by atoms with Crippen LogP contribution in [0, 0.1) is 0 Å². The molecule has 6 heteroatoms. The van der Waals surface area contributed by atoms with E-state index in [0.29, 0.717) is 13.0 Å². The summed E-state index contributed by atoms with van der Waals surface area (Å²) >= 11 is 0. The summed E-state index contributed by atoms with van der Waals surface area (Å²) in [5.74, 6) is 1.01. The fourth-order valence-electron chi connectivity index (χ4n) is 1.70. The molecule has 0 bridgehead atoms. The molecule has 1 heterocycles. The summed E-state index contributed by atoms with van der Waals surface area (Å²) in [7, 11) is 0. The first-order valence-corrected chi connectivity index (χ1v) is 6.13. The van der Waals surface area contributed by atoms with Gasteiger partial charge in [0.05, 0.1) is 6.42 Å². The van der Waals surface area contributed by atoms with Gasteiger partial charge >= 0.3 is 0 Å². The minimum Gasteiger partial charge on any atom is -0.508 e. The number of nitrogens with zero attached hydrogens (tertiary/aromatic N) is 2. The highest BCUT2D eigenvalue weighted by Crippen LogP contribution is 2.09. The predicted octanol–water partition coefficient (Wildman–Crippen LogP) is 0.802. The molecule has 0 aliphatic carbocycles. The van der Waals surface area contributed by atoms with E-state index in [-0.39, 0.29) is 11.7 Å². The first-order chi connectivity index (χ1) is 9.24. The van der Waals surface area contributed by atoms with Crippen LogP contribution in [-0.2, 0) is 17.6 Å². The topological polar surface area (TPSA) is 90.9 Å². The van der Waals surface area contributed by atoms with Crippen LogP contribution in [0.3, 0.4) is 0 Å². The molecule has 3 N–H and O–H groups in total. The number of phenols is 1. The van der Waals surface area contributed by atoms with Crippen LogP contribution in [0.5, 0.6) is 5.75 Å². The molecule has 0 radical (unpaired) electrons. The Morgan fingerprint density at radius 2 is 2.11 bits per heavy atom. The summed E-state index contributed by atoms with van der Waals surface area (Å²) in [6.45, 7) is 0.609. The van der Waals surface area contributed by atoms with E-state index in [0.717, 1.165) is 24.2 Å². The molecule has 0 unspecified atom stereocenters. The van der Waals surface area contributed by atoms with E-state index in [4.69, 9.17) is 5.11 Å². The standard InChI is InChI=1S/C13H16N4O2/c18-11-5-3-10(4-6-11)8-13(19)14-7-1-2-12-15-9-16-17-12/h3-6,9,18H,1-2,7-8H2,(H,14,19)(H,15,16,17). The zero-order valence-electron chi connectivity index (χ0n) is 10.5. The van der Waals surface area contributed by atoms with Gasteiger partial charge in [-0.2, -0.15) is 5.10 Å². The second-order valence-electron chi connectivity index (χ2n) is 4.23. The Morgan fingerprint density at radius 3 is 2.79 bits per heavy atom. The van der Waals surface area contributed by atoms with Gasteiger partial charge in [-0.15, -0.1) is 0 Å². The molecular formula is C13H16N4O2. The average Bonchev–Trinajstić information content (AvgIpc) is 2.91. The van der Waals surface area contributed by atoms with E-state index in [1.165, 1.54) is 6.33 Å². The predicted molar refractivity (Wildman–Crippen MR) is 69.5 cm³/mol. The third-order valence-corrected chi connectivity index (χ3v) is 2.68. The summed E-state index contributed by atoms with van der Waals surface area (Å²) in [5.41, 5.74) is 0.880. The first kappa shape index (κ1) is 13.1.